The number of aromatic amines is 1. The van der Waals surface area contributed by atoms with Gasteiger partial charge < -0.3 is 20.9 Å². The highest BCUT2D eigenvalue weighted by Crippen LogP contribution is 2.40. The van der Waals surface area contributed by atoms with E-state index in [9.17, 15) is 9.59 Å². The summed E-state index contributed by atoms with van der Waals surface area (Å²) in [6, 6.07) is 2.76. The predicted octanol–water partition coefficient (Wildman–Crippen LogP) is 3.18. The van der Waals surface area contributed by atoms with Gasteiger partial charge in [-0.2, -0.15) is 0 Å². The molecule has 3 aliphatic rings. The fourth-order valence-corrected chi connectivity index (χ4v) is 5.77. The first-order chi connectivity index (χ1) is 14.1. The molecule has 3 atom stereocenters. The molecule has 2 amide bonds. The molecular formula is C22H29N5O2. The van der Waals surface area contributed by atoms with Crippen molar-refractivity contribution in [3.8, 4) is 0 Å². The molecule has 0 aromatic carbocycles. The monoisotopic (exact) mass is 395 g/mol. The van der Waals surface area contributed by atoms with Crippen LogP contribution in [0.2, 0.25) is 0 Å². The molecule has 1 saturated carbocycles. The van der Waals surface area contributed by atoms with Crippen molar-refractivity contribution < 1.29 is 9.59 Å². The molecule has 0 radical (unpaired) electrons. The Morgan fingerprint density at radius 1 is 1.10 bits per heavy atom. The molecular weight excluding hydrogens is 366 g/mol. The molecule has 7 nitrogen and oxygen atoms in total. The molecule has 2 aromatic rings. The van der Waals surface area contributed by atoms with E-state index in [4.69, 9.17) is 5.73 Å². The Hall–Kier alpha value is -2.57. The van der Waals surface area contributed by atoms with Crippen LogP contribution in [0.5, 0.6) is 0 Å². The van der Waals surface area contributed by atoms with Gasteiger partial charge in [0.1, 0.15) is 5.65 Å². The maximum Gasteiger partial charge on any atom is 0.252 e. The average Bonchev–Trinajstić information content (AvgIpc) is 3.31. The second kappa shape index (κ2) is 7.35. The van der Waals surface area contributed by atoms with E-state index in [0.717, 1.165) is 55.2 Å². The van der Waals surface area contributed by atoms with Crippen molar-refractivity contribution >= 4 is 28.5 Å². The van der Waals surface area contributed by atoms with Gasteiger partial charge in [0, 0.05) is 41.8 Å². The Labute approximate surface area is 170 Å². The zero-order chi connectivity index (χ0) is 20.0. The average molecular weight is 396 g/mol. The largest absolute Gasteiger partial charge is 0.381 e. The standard InChI is InChI=1S/C22H29N5O2/c23-20(28)18-12-25-21-17(8-9-24-21)19(18)26-14-10-15-6-7-16(11-14)27(15)22(29)13-4-2-1-3-5-13/h8-9,12-16H,1-7,10-11H2,(H2,23,28)(H2,24,25,26)/t14?,15-,16+. The summed E-state index contributed by atoms with van der Waals surface area (Å²) < 4.78 is 0. The van der Waals surface area contributed by atoms with E-state index in [1.807, 2.05) is 12.3 Å². The smallest absolute Gasteiger partial charge is 0.252 e. The number of hydrogen-bond acceptors (Lipinski definition) is 4. The van der Waals surface area contributed by atoms with Crippen LogP contribution in [-0.2, 0) is 4.79 Å². The van der Waals surface area contributed by atoms with Gasteiger partial charge in [0.2, 0.25) is 5.91 Å². The Morgan fingerprint density at radius 3 is 2.52 bits per heavy atom. The van der Waals surface area contributed by atoms with Gasteiger partial charge in [0.15, 0.2) is 0 Å². The number of carbonyl (C=O) groups is 2. The lowest BCUT2D eigenvalue weighted by Crippen LogP contribution is -2.51. The summed E-state index contributed by atoms with van der Waals surface area (Å²) in [5.41, 5.74) is 7.54. The number of nitrogens with one attached hydrogen (secondary N) is 2. The topological polar surface area (TPSA) is 104 Å². The molecule has 29 heavy (non-hydrogen) atoms. The zero-order valence-electron chi connectivity index (χ0n) is 16.7. The Kier molecular flexibility index (Phi) is 4.68. The molecule has 5 rings (SSSR count). The predicted molar refractivity (Wildman–Crippen MR) is 111 cm³/mol. The number of H-pyrrole nitrogens is 1. The van der Waals surface area contributed by atoms with Crippen molar-refractivity contribution in [1.82, 2.24) is 14.9 Å². The first-order valence-electron chi connectivity index (χ1n) is 11.0. The zero-order valence-corrected chi connectivity index (χ0v) is 16.7. The van der Waals surface area contributed by atoms with E-state index in [-0.39, 0.29) is 12.0 Å². The number of nitrogens with zero attached hydrogens (tertiary/aromatic N) is 2. The van der Waals surface area contributed by atoms with Gasteiger partial charge in [0.05, 0.1) is 11.3 Å². The summed E-state index contributed by atoms with van der Waals surface area (Å²) in [5, 5.41) is 4.48. The van der Waals surface area contributed by atoms with Crippen LogP contribution < -0.4 is 11.1 Å². The molecule has 1 unspecified atom stereocenters. The Bertz CT molecular complexity index is 918. The van der Waals surface area contributed by atoms with E-state index in [1.54, 1.807) is 6.20 Å². The number of fused-ring (bicyclic) bond motifs is 3. The summed E-state index contributed by atoms with van der Waals surface area (Å²) >= 11 is 0. The number of aromatic nitrogens is 2. The van der Waals surface area contributed by atoms with E-state index in [1.165, 1.54) is 19.3 Å². The minimum Gasteiger partial charge on any atom is -0.381 e. The van der Waals surface area contributed by atoms with Crippen LogP contribution in [0.1, 0.15) is 68.1 Å². The number of hydrogen-bond donors (Lipinski definition) is 3. The second-order valence-corrected chi connectivity index (χ2v) is 8.93. The van der Waals surface area contributed by atoms with Crippen LogP contribution in [0.3, 0.4) is 0 Å². The molecule has 4 heterocycles. The van der Waals surface area contributed by atoms with Crippen molar-refractivity contribution in [1.29, 1.82) is 0 Å². The van der Waals surface area contributed by atoms with Crippen molar-refractivity contribution in [3.63, 3.8) is 0 Å². The number of piperidine rings is 1. The van der Waals surface area contributed by atoms with Crippen molar-refractivity contribution in [3.05, 3.63) is 24.0 Å². The molecule has 2 aromatic heterocycles. The van der Waals surface area contributed by atoms with Gasteiger partial charge in [-0.25, -0.2) is 4.98 Å². The second-order valence-electron chi connectivity index (χ2n) is 8.93. The molecule has 3 fully saturated rings. The van der Waals surface area contributed by atoms with Gasteiger partial charge in [0.25, 0.3) is 5.91 Å². The summed E-state index contributed by atoms with van der Waals surface area (Å²) in [7, 11) is 0. The van der Waals surface area contributed by atoms with Gasteiger partial charge >= 0.3 is 0 Å². The Balaban J connectivity index is 1.35. The fourth-order valence-electron chi connectivity index (χ4n) is 5.77. The van der Waals surface area contributed by atoms with Crippen molar-refractivity contribution in [2.75, 3.05) is 5.32 Å². The first-order valence-corrected chi connectivity index (χ1v) is 11.0. The number of pyridine rings is 1. The fraction of sp³-hybridized carbons (Fsp3) is 0.591. The van der Waals surface area contributed by atoms with Crippen LogP contribution in [-0.4, -0.2) is 44.8 Å². The van der Waals surface area contributed by atoms with Crippen molar-refractivity contribution in [2.24, 2.45) is 11.7 Å². The van der Waals surface area contributed by atoms with E-state index in [0.29, 0.717) is 23.6 Å². The minimum absolute atomic E-state index is 0.224. The van der Waals surface area contributed by atoms with Crippen LogP contribution in [0.15, 0.2) is 18.5 Å². The van der Waals surface area contributed by atoms with E-state index < -0.39 is 5.91 Å². The van der Waals surface area contributed by atoms with Gasteiger partial charge in [-0.1, -0.05) is 19.3 Å². The highest BCUT2D eigenvalue weighted by atomic mass is 16.2. The van der Waals surface area contributed by atoms with E-state index in [2.05, 4.69) is 20.2 Å². The minimum atomic E-state index is -0.476. The number of carbonyl (C=O) groups excluding carboxylic acids is 2. The highest BCUT2D eigenvalue weighted by Gasteiger charge is 2.45. The number of primary amides is 1. The third kappa shape index (κ3) is 3.26. The lowest BCUT2D eigenvalue weighted by Gasteiger charge is -2.41. The van der Waals surface area contributed by atoms with Gasteiger partial charge in [-0.3, -0.25) is 9.59 Å². The summed E-state index contributed by atoms with van der Waals surface area (Å²) in [4.78, 5) is 34.8. The molecule has 2 bridgehead atoms. The summed E-state index contributed by atoms with van der Waals surface area (Å²) in [5.74, 6) is 0.152. The maximum atomic E-state index is 13.2. The summed E-state index contributed by atoms with van der Waals surface area (Å²) in [6.07, 6.45) is 13.1. The normalized spacial score (nSPS) is 27.3. The van der Waals surface area contributed by atoms with E-state index >= 15 is 0 Å². The third-order valence-electron chi connectivity index (χ3n) is 7.14. The van der Waals surface area contributed by atoms with Crippen molar-refractivity contribution in [2.45, 2.75) is 75.9 Å². The molecule has 4 N–H and O–H groups in total. The number of rotatable bonds is 4. The SMILES string of the molecule is NC(=O)c1cnc2[nH]ccc2c1NC1C[C@H]2CC[C@@H](C1)N2C(=O)C1CCCCC1. The maximum absolute atomic E-state index is 13.2. The highest BCUT2D eigenvalue weighted by molar-refractivity contribution is 6.06. The molecule has 1 aliphatic carbocycles. The van der Waals surface area contributed by atoms with Gasteiger partial charge in [-0.05, 0) is 44.6 Å². The third-order valence-corrected chi connectivity index (χ3v) is 7.14. The number of anilines is 1. The molecule has 7 heteroatoms. The molecule has 2 saturated heterocycles. The Morgan fingerprint density at radius 2 is 1.83 bits per heavy atom. The first kappa shape index (κ1) is 18.5. The lowest BCUT2D eigenvalue weighted by molar-refractivity contribution is -0.141. The molecule has 0 spiro atoms. The van der Waals surface area contributed by atoms with Gasteiger partial charge in [-0.15, -0.1) is 0 Å². The quantitative estimate of drug-likeness (QED) is 0.739. The molecule has 2 aliphatic heterocycles. The number of amides is 2. The van der Waals surface area contributed by atoms with Crippen LogP contribution in [0.4, 0.5) is 5.69 Å². The molecule has 154 valence electrons. The number of nitrogens with two attached hydrogens (primary N) is 1. The lowest BCUT2D eigenvalue weighted by atomic mass is 9.86. The summed E-state index contributed by atoms with van der Waals surface area (Å²) in [6.45, 7) is 0. The van der Waals surface area contributed by atoms with Crippen LogP contribution >= 0.6 is 0 Å². The van der Waals surface area contributed by atoms with Crippen LogP contribution in [0.25, 0.3) is 11.0 Å². The van der Waals surface area contributed by atoms with Crippen LogP contribution in [0, 0.1) is 5.92 Å².